The number of aromatic nitrogens is 2. The van der Waals surface area contributed by atoms with Gasteiger partial charge >= 0.3 is 0 Å². The summed E-state index contributed by atoms with van der Waals surface area (Å²) in [6, 6.07) is 19.0. The maximum Gasteiger partial charge on any atom is 0.179 e. The maximum atomic E-state index is 4.84. The Kier molecular flexibility index (Phi) is 4.73. The van der Waals surface area contributed by atoms with Crippen molar-refractivity contribution >= 4 is 39.4 Å². The summed E-state index contributed by atoms with van der Waals surface area (Å²) in [6.07, 6.45) is 8.55. The van der Waals surface area contributed by atoms with Crippen molar-refractivity contribution in [2.75, 3.05) is 19.0 Å². The summed E-state index contributed by atoms with van der Waals surface area (Å²) in [5, 5.41) is 1.05. The highest BCUT2D eigenvalue weighted by Gasteiger charge is 2.13. The highest BCUT2D eigenvalue weighted by Crippen LogP contribution is 2.32. The summed E-state index contributed by atoms with van der Waals surface area (Å²) >= 11 is 1.74. The lowest BCUT2D eigenvalue weighted by molar-refractivity contribution is -0.671. The zero-order chi connectivity index (χ0) is 18.8. The Balaban J connectivity index is 1.71. The smallest absolute Gasteiger partial charge is 0.179 e. The molecule has 4 rings (SSSR count). The molecule has 0 saturated carbocycles. The second kappa shape index (κ2) is 7.33. The van der Waals surface area contributed by atoms with E-state index in [-0.39, 0.29) is 0 Å². The fourth-order valence-electron chi connectivity index (χ4n) is 2.99. The van der Waals surface area contributed by atoms with Gasteiger partial charge in [-0.3, -0.25) is 0 Å². The molecule has 2 aromatic carbocycles. The standard InChI is InChI=1S/C23H22N3S/c1-25(2)19-12-9-17(10-13-19)8-11-18-14-15-26(3)16-20(18)23-24-21-6-4-5-7-22(21)27-23/h4-16H,1-3H3/q+1. The zero-order valence-corrected chi connectivity index (χ0v) is 16.6. The molecule has 134 valence electrons. The van der Waals surface area contributed by atoms with E-state index >= 15 is 0 Å². The van der Waals surface area contributed by atoms with E-state index in [9.17, 15) is 0 Å². The fraction of sp³-hybridized carbons (Fsp3) is 0.130. The van der Waals surface area contributed by atoms with Gasteiger partial charge in [-0.1, -0.05) is 36.4 Å². The van der Waals surface area contributed by atoms with Gasteiger partial charge in [-0.15, -0.1) is 11.3 Å². The van der Waals surface area contributed by atoms with Crippen molar-refractivity contribution in [1.29, 1.82) is 0 Å². The van der Waals surface area contributed by atoms with E-state index in [4.69, 9.17) is 4.98 Å². The van der Waals surface area contributed by atoms with Crippen molar-refractivity contribution in [3.8, 4) is 10.6 Å². The van der Waals surface area contributed by atoms with Gasteiger partial charge < -0.3 is 4.90 Å². The molecule has 0 saturated heterocycles. The fourth-order valence-corrected chi connectivity index (χ4v) is 3.99. The topological polar surface area (TPSA) is 20.0 Å². The highest BCUT2D eigenvalue weighted by atomic mass is 32.1. The van der Waals surface area contributed by atoms with Crippen LogP contribution in [0.3, 0.4) is 0 Å². The summed E-state index contributed by atoms with van der Waals surface area (Å²) in [5.74, 6) is 0. The van der Waals surface area contributed by atoms with Gasteiger partial charge in [0.25, 0.3) is 0 Å². The van der Waals surface area contributed by atoms with E-state index < -0.39 is 0 Å². The van der Waals surface area contributed by atoms with Crippen molar-refractivity contribution < 1.29 is 4.57 Å². The van der Waals surface area contributed by atoms with Crippen LogP contribution in [-0.4, -0.2) is 19.1 Å². The molecule has 0 atom stereocenters. The number of hydrogen-bond donors (Lipinski definition) is 0. The number of rotatable bonds is 4. The van der Waals surface area contributed by atoms with Gasteiger partial charge in [-0.05, 0) is 35.4 Å². The van der Waals surface area contributed by atoms with Gasteiger partial charge in [-0.2, -0.15) is 0 Å². The largest absolute Gasteiger partial charge is 0.378 e. The van der Waals surface area contributed by atoms with Crippen molar-refractivity contribution in [1.82, 2.24) is 4.98 Å². The average Bonchev–Trinajstić information content (AvgIpc) is 3.11. The molecule has 0 unspecified atom stereocenters. The van der Waals surface area contributed by atoms with Crippen molar-refractivity contribution in [3.63, 3.8) is 0 Å². The van der Waals surface area contributed by atoms with Crippen molar-refractivity contribution in [2.24, 2.45) is 7.05 Å². The summed E-state index contributed by atoms with van der Waals surface area (Å²) < 4.78 is 3.29. The molecule has 0 amide bonds. The van der Waals surface area contributed by atoms with E-state index in [0.717, 1.165) is 16.1 Å². The molecule has 0 radical (unpaired) electrons. The Hall–Kier alpha value is -2.98. The van der Waals surface area contributed by atoms with Crippen LogP contribution in [0.2, 0.25) is 0 Å². The molecule has 2 heterocycles. The minimum absolute atomic E-state index is 1.05. The quantitative estimate of drug-likeness (QED) is 0.469. The molecule has 0 aliphatic heterocycles. The number of aryl methyl sites for hydroxylation is 1. The monoisotopic (exact) mass is 372 g/mol. The van der Waals surface area contributed by atoms with Gasteiger partial charge in [0.1, 0.15) is 12.1 Å². The second-order valence-corrected chi connectivity index (χ2v) is 7.82. The predicted molar refractivity (Wildman–Crippen MR) is 116 cm³/mol. The normalized spacial score (nSPS) is 11.4. The van der Waals surface area contributed by atoms with Gasteiger partial charge in [0.15, 0.2) is 12.4 Å². The Morgan fingerprint density at radius 1 is 0.963 bits per heavy atom. The number of anilines is 1. The van der Waals surface area contributed by atoms with Gasteiger partial charge in [0.05, 0.1) is 15.8 Å². The Morgan fingerprint density at radius 3 is 2.48 bits per heavy atom. The average molecular weight is 373 g/mol. The molecule has 0 N–H and O–H groups in total. The molecule has 3 nitrogen and oxygen atoms in total. The molecular weight excluding hydrogens is 350 g/mol. The van der Waals surface area contributed by atoms with E-state index in [2.05, 4.69) is 96.6 Å². The molecule has 0 bridgehead atoms. The van der Waals surface area contributed by atoms with Gasteiger partial charge in [0, 0.05) is 25.8 Å². The van der Waals surface area contributed by atoms with Crippen LogP contribution in [0.5, 0.6) is 0 Å². The van der Waals surface area contributed by atoms with E-state index in [1.165, 1.54) is 21.5 Å². The Morgan fingerprint density at radius 2 is 1.74 bits per heavy atom. The van der Waals surface area contributed by atoms with Crippen LogP contribution < -0.4 is 9.47 Å². The summed E-state index contributed by atoms with van der Waals surface area (Å²) in [6.45, 7) is 0. The van der Waals surface area contributed by atoms with Crippen LogP contribution in [-0.2, 0) is 7.05 Å². The molecule has 0 aliphatic rings. The van der Waals surface area contributed by atoms with Crippen LogP contribution in [0.25, 0.3) is 32.9 Å². The second-order valence-electron chi connectivity index (χ2n) is 6.79. The highest BCUT2D eigenvalue weighted by molar-refractivity contribution is 7.21. The minimum Gasteiger partial charge on any atom is -0.378 e. The summed E-state index contributed by atoms with van der Waals surface area (Å²) in [7, 11) is 6.16. The lowest BCUT2D eigenvalue weighted by atomic mass is 10.1. The molecule has 27 heavy (non-hydrogen) atoms. The Labute approximate surface area is 163 Å². The third-order valence-corrected chi connectivity index (χ3v) is 5.59. The molecule has 0 aliphatic carbocycles. The Bertz CT molecular complexity index is 1080. The number of para-hydroxylation sites is 1. The summed E-state index contributed by atoms with van der Waals surface area (Å²) in [4.78, 5) is 6.94. The SMILES string of the molecule is CN(C)c1ccc(/C=C/c2cc[n+](C)cc2-c2nc3ccccc3s2)cc1. The van der Waals surface area contributed by atoms with Crippen LogP contribution >= 0.6 is 11.3 Å². The molecule has 4 aromatic rings. The van der Waals surface area contributed by atoms with Gasteiger partial charge in [-0.25, -0.2) is 9.55 Å². The number of pyridine rings is 1. The van der Waals surface area contributed by atoms with Crippen molar-refractivity contribution in [3.05, 3.63) is 78.1 Å². The molecular formula is C23H22N3S+. The number of benzene rings is 2. The number of hydrogen-bond acceptors (Lipinski definition) is 3. The molecule has 0 fully saturated rings. The van der Waals surface area contributed by atoms with Crippen LogP contribution in [0, 0.1) is 0 Å². The number of thiazole rings is 1. The number of fused-ring (bicyclic) bond motifs is 1. The molecule has 2 aromatic heterocycles. The minimum atomic E-state index is 1.05. The number of nitrogens with zero attached hydrogens (tertiary/aromatic N) is 3. The third-order valence-electron chi connectivity index (χ3n) is 4.52. The zero-order valence-electron chi connectivity index (χ0n) is 15.8. The van der Waals surface area contributed by atoms with E-state index in [1.54, 1.807) is 11.3 Å². The first-order valence-corrected chi connectivity index (χ1v) is 9.72. The first-order valence-electron chi connectivity index (χ1n) is 8.91. The molecule has 4 heteroatoms. The van der Waals surface area contributed by atoms with E-state index in [1.807, 2.05) is 13.1 Å². The van der Waals surface area contributed by atoms with Crippen LogP contribution in [0.1, 0.15) is 11.1 Å². The first kappa shape index (κ1) is 17.4. The van der Waals surface area contributed by atoms with Crippen molar-refractivity contribution in [2.45, 2.75) is 0 Å². The summed E-state index contributed by atoms with van der Waals surface area (Å²) in [5.41, 5.74) is 5.77. The van der Waals surface area contributed by atoms with E-state index in [0.29, 0.717) is 0 Å². The van der Waals surface area contributed by atoms with Gasteiger partial charge in [0.2, 0.25) is 0 Å². The first-order chi connectivity index (χ1) is 13.1. The van der Waals surface area contributed by atoms with Crippen LogP contribution in [0.4, 0.5) is 5.69 Å². The molecule has 0 spiro atoms. The predicted octanol–water partition coefficient (Wildman–Crippen LogP) is 5.02. The maximum absolute atomic E-state index is 4.84. The van der Waals surface area contributed by atoms with Crippen LogP contribution in [0.15, 0.2) is 67.0 Å². The lowest BCUT2D eigenvalue weighted by Crippen LogP contribution is -2.26. The third kappa shape index (κ3) is 3.76. The lowest BCUT2D eigenvalue weighted by Gasteiger charge is -2.11.